The van der Waals surface area contributed by atoms with Crippen LogP contribution in [0.25, 0.3) is 0 Å². The lowest BCUT2D eigenvalue weighted by Gasteiger charge is -2.47. The number of nitrogens with one attached hydrogen (secondary N) is 1. The number of ether oxygens (including phenoxy) is 1. The molecule has 2 heterocycles. The second-order valence-electron chi connectivity index (χ2n) is 6.19. The van der Waals surface area contributed by atoms with Gasteiger partial charge in [-0.3, -0.25) is 0 Å². The Morgan fingerprint density at radius 2 is 1.85 bits per heavy atom. The third-order valence-electron chi connectivity index (χ3n) is 4.89. The third kappa shape index (κ3) is 3.33. The molecule has 2 atom stereocenters. The number of piperidine rings is 2. The minimum Gasteiger partial charge on any atom is -0.492 e. The van der Waals surface area contributed by atoms with Gasteiger partial charge in [-0.05, 0) is 44.9 Å². The summed E-state index contributed by atoms with van der Waals surface area (Å²) in [5.41, 5.74) is 0. The Kier molecular flexibility index (Phi) is 4.58. The zero-order chi connectivity index (χ0) is 13.8. The lowest BCUT2D eigenvalue weighted by molar-refractivity contribution is 0.0479. The first kappa shape index (κ1) is 13.9. The summed E-state index contributed by atoms with van der Waals surface area (Å²) in [4.78, 5) is 2.61. The summed E-state index contributed by atoms with van der Waals surface area (Å²) in [7, 11) is 2.31. The van der Waals surface area contributed by atoms with Crippen LogP contribution in [0.3, 0.4) is 0 Å². The molecule has 0 saturated carbocycles. The molecule has 110 valence electrons. The van der Waals surface area contributed by atoms with E-state index in [0.717, 1.165) is 31.0 Å². The fourth-order valence-electron chi connectivity index (χ4n) is 3.73. The molecular formula is C17H26N2O. The van der Waals surface area contributed by atoms with Gasteiger partial charge in [-0.1, -0.05) is 24.6 Å². The van der Waals surface area contributed by atoms with E-state index in [0.29, 0.717) is 6.04 Å². The highest BCUT2D eigenvalue weighted by Gasteiger charge is 2.35. The van der Waals surface area contributed by atoms with E-state index in [2.05, 4.69) is 17.3 Å². The highest BCUT2D eigenvalue weighted by atomic mass is 16.5. The summed E-state index contributed by atoms with van der Waals surface area (Å²) in [6.45, 7) is 1.70. The van der Waals surface area contributed by atoms with Crippen LogP contribution in [0.4, 0.5) is 0 Å². The number of benzene rings is 1. The summed E-state index contributed by atoms with van der Waals surface area (Å²) < 4.78 is 5.74. The quantitative estimate of drug-likeness (QED) is 0.836. The van der Waals surface area contributed by atoms with Crippen molar-refractivity contribution in [3.63, 3.8) is 0 Å². The van der Waals surface area contributed by atoms with Crippen LogP contribution >= 0.6 is 0 Å². The summed E-state index contributed by atoms with van der Waals surface area (Å²) in [5.74, 6) is 0.967. The van der Waals surface area contributed by atoms with Crippen LogP contribution in [0, 0.1) is 0 Å². The van der Waals surface area contributed by atoms with Crippen LogP contribution in [0.15, 0.2) is 30.3 Å². The zero-order valence-electron chi connectivity index (χ0n) is 12.4. The molecule has 3 heteroatoms. The van der Waals surface area contributed by atoms with Gasteiger partial charge in [0.15, 0.2) is 0 Å². The summed E-state index contributed by atoms with van der Waals surface area (Å²) in [5, 5.41) is 3.69. The summed E-state index contributed by atoms with van der Waals surface area (Å²) in [6, 6.07) is 12.4. The maximum Gasteiger partial charge on any atom is 0.119 e. The molecule has 0 amide bonds. The van der Waals surface area contributed by atoms with Gasteiger partial charge >= 0.3 is 0 Å². The van der Waals surface area contributed by atoms with Gasteiger partial charge in [0.25, 0.3) is 0 Å². The van der Waals surface area contributed by atoms with E-state index in [4.69, 9.17) is 4.74 Å². The van der Waals surface area contributed by atoms with Crippen molar-refractivity contribution in [2.24, 2.45) is 0 Å². The van der Waals surface area contributed by atoms with E-state index in [1.165, 1.54) is 32.1 Å². The molecule has 3 nitrogen and oxygen atoms in total. The van der Waals surface area contributed by atoms with Crippen molar-refractivity contribution >= 4 is 0 Å². The fraction of sp³-hybridized carbons (Fsp3) is 0.647. The SMILES string of the molecule is CN1C2CCCC1CC(NCCOc1ccccc1)C2. The largest absolute Gasteiger partial charge is 0.492 e. The Morgan fingerprint density at radius 1 is 1.15 bits per heavy atom. The van der Waals surface area contributed by atoms with E-state index in [1.807, 2.05) is 30.3 Å². The first-order chi connectivity index (χ1) is 9.83. The monoisotopic (exact) mass is 274 g/mol. The summed E-state index contributed by atoms with van der Waals surface area (Å²) in [6.07, 6.45) is 6.79. The standard InChI is InChI=1S/C17H26N2O/c1-19-15-6-5-7-16(19)13-14(12-15)18-10-11-20-17-8-3-2-4-9-17/h2-4,8-9,14-16,18H,5-7,10-13H2,1H3. The number of rotatable bonds is 5. The van der Waals surface area contributed by atoms with Crippen molar-refractivity contribution in [2.45, 2.75) is 50.2 Å². The molecule has 2 aliphatic heterocycles. The van der Waals surface area contributed by atoms with Crippen molar-refractivity contribution in [1.29, 1.82) is 0 Å². The number of fused-ring (bicyclic) bond motifs is 2. The van der Waals surface area contributed by atoms with Gasteiger partial charge in [-0.15, -0.1) is 0 Å². The molecule has 0 aliphatic carbocycles. The molecule has 1 aromatic carbocycles. The van der Waals surface area contributed by atoms with Crippen molar-refractivity contribution in [3.05, 3.63) is 30.3 Å². The molecular weight excluding hydrogens is 248 g/mol. The van der Waals surface area contributed by atoms with Gasteiger partial charge in [0.05, 0.1) is 0 Å². The van der Waals surface area contributed by atoms with Crippen LogP contribution < -0.4 is 10.1 Å². The van der Waals surface area contributed by atoms with E-state index >= 15 is 0 Å². The molecule has 2 fully saturated rings. The molecule has 1 aromatic rings. The van der Waals surface area contributed by atoms with Gasteiger partial charge in [0.2, 0.25) is 0 Å². The van der Waals surface area contributed by atoms with E-state index in [-0.39, 0.29) is 0 Å². The van der Waals surface area contributed by atoms with Crippen LogP contribution in [-0.2, 0) is 0 Å². The number of nitrogens with zero attached hydrogens (tertiary/aromatic N) is 1. The smallest absolute Gasteiger partial charge is 0.119 e. The molecule has 1 N–H and O–H groups in total. The van der Waals surface area contributed by atoms with Gasteiger partial charge in [-0.25, -0.2) is 0 Å². The molecule has 20 heavy (non-hydrogen) atoms. The van der Waals surface area contributed by atoms with Crippen molar-refractivity contribution in [1.82, 2.24) is 10.2 Å². The number of hydrogen-bond donors (Lipinski definition) is 1. The second-order valence-corrected chi connectivity index (χ2v) is 6.19. The van der Waals surface area contributed by atoms with Crippen molar-refractivity contribution in [3.8, 4) is 5.75 Å². The molecule has 0 spiro atoms. The molecule has 3 rings (SSSR count). The van der Waals surface area contributed by atoms with E-state index < -0.39 is 0 Å². The molecule has 0 radical (unpaired) electrons. The molecule has 2 unspecified atom stereocenters. The van der Waals surface area contributed by atoms with Crippen molar-refractivity contribution < 1.29 is 4.74 Å². The lowest BCUT2D eigenvalue weighted by atomic mass is 9.82. The van der Waals surface area contributed by atoms with Crippen LogP contribution in [-0.4, -0.2) is 43.2 Å². The van der Waals surface area contributed by atoms with Gasteiger partial charge in [0, 0.05) is 24.7 Å². The van der Waals surface area contributed by atoms with Crippen LogP contribution in [0.1, 0.15) is 32.1 Å². The minimum atomic E-state index is 0.681. The Bertz CT molecular complexity index is 395. The molecule has 2 saturated heterocycles. The predicted molar refractivity (Wildman–Crippen MR) is 82.2 cm³/mol. The minimum absolute atomic E-state index is 0.681. The maximum absolute atomic E-state index is 5.74. The normalized spacial score (nSPS) is 30.1. The Hall–Kier alpha value is -1.06. The molecule has 0 aromatic heterocycles. The second kappa shape index (κ2) is 6.59. The van der Waals surface area contributed by atoms with E-state index in [1.54, 1.807) is 0 Å². The van der Waals surface area contributed by atoms with Gasteiger partial charge in [0.1, 0.15) is 12.4 Å². The molecule has 2 bridgehead atoms. The first-order valence-corrected chi connectivity index (χ1v) is 7.96. The van der Waals surface area contributed by atoms with Crippen molar-refractivity contribution in [2.75, 3.05) is 20.2 Å². The predicted octanol–water partition coefficient (Wildman–Crippen LogP) is 2.67. The average Bonchev–Trinajstić information content (AvgIpc) is 2.45. The topological polar surface area (TPSA) is 24.5 Å². The maximum atomic E-state index is 5.74. The Morgan fingerprint density at radius 3 is 2.55 bits per heavy atom. The fourth-order valence-corrected chi connectivity index (χ4v) is 3.73. The Labute approximate surface area is 122 Å². The average molecular weight is 274 g/mol. The summed E-state index contributed by atoms with van der Waals surface area (Å²) >= 11 is 0. The van der Waals surface area contributed by atoms with Crippen LogP contribution in [0.5, 0.6) is 5.75 Å². The highest BCUT2D eigenvalue weighted by Crippen LogP contribution is 2.32. The van der Waals surface area contributed by atoms with Gasteiger partial charge in [-0.2, -0.15) is 0 Å². The zero-order valence-corrected chi connectivity index (χ0v) is 12.4. The first-order valence-electron chi connectivity index (χ1n) is 7.96. The third-order valence-corrected chi connectivity index (χ3v) is 4.89. The highest BCUT2D eigenvalue weighted by molar-refractivity contribution is 5.20. The lowest BCUT2D eigenvalue weighted by Crippen LogP contribution is -2.54. The number of hydrogen-bond acceptors (Lipinski definition) is 3. The molecule has 2 aliphatic rings. The van der Waals surface area contributed by atoms with Crippen LogP contribution in [0.2, 0.25) is 0 Å². The van der Waals surface area contributed by atoms with E-state index in [9.17, 15) is 0 Å². The number of para-hydroxylation sites is 1. The Balaban J connectivity index is 1.39. The van der Waals surface area contributed by atoms with Gasteiger partial charge < -0.3 is 15.0 Å².